The van der Waals surface area contributed by atoms with E-state index in [0.717, 1.165) is 16.7 Å². The van der Waals surface area contributed by atoms with Gasteiger partial charge in [0.25, 0.3) is 11.1 Å². The molecule has 0 aliphatic carbocycles. The molecule has 1 N–H and O–H groups in total. The number of anilines is 1. The number of ether oxygens (including phenoxy) is 3. The molecule has 0 atom stereocenters. The maximum atomic E-state index is 12.8. The first kappa shape index (κ1) is 21.3. The Hall–Kier alpha value is -3.46. The summed E-state index contributed by atoms with van der Waals surface area (Å²) in [5, 5.41) is 8.31. The number of carbonyl (C=O) groups is 3. The molecular formula is C21H19NO7S. The third-order valence-electron chi connectivity index (χ3n) is 4.16. The summed E-state index contributed by atoms with van der Waals surface area (Å²) in [6.45, 7) is 0.00443. The van der Waals surface area contributed by atoms with Gasteiger partial charge in [-0.25, -0.2) is 4.90 Å². The van der Waals surface area contributed by atoms with Crippen LogP contribution in [-0.4, -0.2) is 43.0 Å². The number of carboxylic acids is 1. The van der Waals surface area contributed by atoms with Crippen molar-refractivity contribution in [2.24, 2.45) is 0 Å². The Morgan fingerprint density at radius 1 is 1.10 bits per heavy atom. The smallest absolute Gasteiger partial charge is 0.306 e. The summed E-state index contributed by atoms with van der Waals surface area (Å²) < 4.78 is 15.9. The summed E-state index contributed by atoms with van der Waals surface area (Å²) in [5.74, 6) is -0.0725. The summed E-state index contributed by atoms with van der Waals surface area (Å²) in [6, 6.07) is 11.7. The van der Waals surface area contributed by atoms with Crippen LogP contribution >= 0.6 is 11.8 Å². The Kier molecular flexibility index (Phi) is 6.63. The number of imide groups is 1. The number of hydrogen-bond donors (Lipinski definition) is 1. The van der Waals surface area contributed by atoms with E-state index < -0.39 is 17.1 Å². The quantitative estimate of drug-likeness (QED) is 0.632. The fraction of sp³-hybridized carbons (Fsp3) is 0.190. The van der Waals surface area contributed by atoms with Crippen molar-refractivity contribution in [2.75, 3.05) is 25.7 Å². The van der Waals surface area contributed by atoms with Gasteiger partial charge >= 0.3 is 5.97 Å². The molecule has 2 aromatic carbocycles. The lowest BCUT2D eigenvalue weighted by Gasteiger charge is -2.13. The average Bonchev–Trinajstić information content (AvgIpc) is 3.01. The minimum atomic E-state index is -0.961. The summed E-state index contributed by atoms with van der Waals surface area (Å²) in [6.07, 6.45) is 1.46. The van der Waals surface area contributed by atoms with Gasteiger partial charge in [0.05, 0.1) is 37.8 Å². The number of amides is 2. The fourth-order valence-corrected chi connectivity index (χ4v) is 3.57. The molecule has 3 rings (SSSR count). The lowest BCUT2D eigenvalue weighted by atomic mass is 10.1. The highest BCUT2D eigenvalue weighted by Gasteiger charge is 2.36. The van der Waals surface area contributed by atoms with E-state index in [2.05, 4.69) is 0 Å². The molecule has 0 saturated carbocycles. The van der Waals surface area contributed by atoms with Gasteiger partial charge in [-0.3, -0.25) is 14.4 Å². The van der Waals surface area contributed by atoms with Crippen LogP contribution in [-0.2, 0) is 9.59 Å². The van der Waals surface area contributed by atoms with E-state index in [4.69, 9.17) is 19.3 Å². The second kappa shape index (κ2) is 9.36. The third kappa shape index (κ3) is 4.74. The molecule has 0 spiro atoms. The monoisotopic (exact) mass is 429 g/mol. The number of hydrogen-bond acceptors (Lipinski definition) is 7. The van der Waals surface area contributed by atoms with Crippen LogP contribution in [0.5, 0.6) is 17.2 Å². The Labute approximate surface area is 177 Å². The molecule has 1 fully saturated rings. The Bertz CT molecular complexity index is 1020. The number of rotatable bonds is 8. The number of carbonyl (C=O) groups excluding carboxylic acids is 2. The van der Waals surface area contributed by atoms with Crippen molar-refractivity contribution in [3.05, 3.63) is 52.9 Å². The zero-order valence-electron chi connectivity index (χ0n) is 16.3. The van der Waals surface area contributed by atoms with Crippen LogP contribution in [0.4, 0.5) is 10.5 Å². The maximum Gasteiger partial charge on any atom is 0.306 e. The van der Waals surface area contributed by atoms with Crippen LogP contribution in [0.15, 0.2) is 47.4 Å². The largest absolute Gasteiger partial charge is 0.497 e. The molecule has 0 bridgehead atoms. The molecule has 0 radical (unpaired) electrons. The predicted molar refractivity (Wildman–Crippen MR) is 112 cm³/mol. The van der Waals surface area contributed by atoms with Crippen molar-refractivity contribution < 1.29 is 33.7 Å². The summed E-state index contributed by atoms with van der Waals surface area (Å²) in [4.78, 5) is 37.2. The van der Waals surface area contributed by atoms with Crippen molar-refractivity contribution in [1.29, 1.82) is 0 Å². The molecule has 2 amide bonds. The van der Waals surface area contributed by atoms with Crippen LogP contribution < -0.4 is 19.1 Å². The SMILES string of the molecule is COc1cccc(N2C(=O)S/C(=C/c3ccc(OCCC(=O)O)c(OC)c3)C2=O)c1. The van der Waals surface area contributed by atoms with Crippen molar-refractivity contribution in [3.8, 4) is 17.2 Å². The minimum Gasteiger partial charge on any atom is -0.497 e. The molecule has 1 saturated heterocycles. The van der Waals surface area contributed by atoms with E-state index in [0.29, 0.717) is 28.5 Å². The fourth-order valence-electron chi connectivity index (χ4n) is 2.73. The molecule has 2 aromatic rings. The standard InChI is InChI=1S/C21H19NO7S/c1-27-15-5-3-4-14(12-15)22-20(25)18(30-21(22)26)11-13-6-7-16(17(10-13)28-2)29-9-8-19(23)24/h3-7,10-12H,8-9H2,1-2H3,(H,23,24)/b18-11+. The number of methoxy groups -OCH3 is 2. The normalized spacial score (nSPS) is 14.9. The van der Waals surface area contributed by atoms with E-state index in [1.165, 1.54) is 14.2 Å². The first-order valence-electron chi connectivity index (χ1n) is 8.87. The second-order valence-corrected chi connectivity index (χ2v) is 7.11. The van der Waals surface area contributed by atoms with Crippen molar-refractivity contribution in [2.45, 2.75) is 6.42 Å². The number of nitrogens with zero attached hydrogens (tertiary/aromatic N) is 1. The molecule has 1 aliphatic heterocycles. The summed E-state index contributed by atoms with van der Waals surface area (Å²) in [7, 11) is 2.97. The molecule has 0 unspecified atom stereocenters. The Morgan fingerprint density at radius 3 is 2.60 bits per heavy atom. The summed E-state index contributed by atoms with van der Waals surface area (Å²) >= 11 is 0.840. The first-order valence-corrected chi connectivity index (χ1v) is 9.69. The Morgan fingerprint density at radius 2 is 1.90 bits per heavy atom. The summed E-state index contributed by atoms with van der Waals surface area (Å²) in [5.41, 5.74) is 1.06. The second-order valence-electron chi connectivity index (χ2n) is 6.12. The highest BCUT2D eigenvalue weighted by Crippen LogP contribution is 2.37. The van der Waals surface area contributed by atoms with Crippen LogP contribution in [0, 0.1) is 0 Å². The van der Waals surface area contributed by atoms with E-state index in [9.17, 15) is 14.4 Å². The van der Waals surface area contributed by atoms with Crippen molar-refractivity contribution in [1.82, 2.24) is 0 Å². The molecule has 1 heterocycles. The molecule has 9 heteroatoms. The topological polar surface area (TPSA) is 102 Å². The van der Waals surface area contributed by atoms with Gasteiger partial charge < -0.3 is 19.3 Å². The number of thioether (sulfide) groups is 1. The lowest BCUT2D eigenvalue weighted by molar-refractivity contribution is -0.137. The highest BCUT2D eigenvalue weighted by molar-refractivity contribution is 8.19. The third-order valence-corrected chi connectivity index (χ3v) is 5.03. The van der Waals surface area contributed by atoms with E-state index in [-0.39, 0.29) is 17.9 Å². The van der Waals surface area contributed by atoms with Gasteiger partial charge in [-0.15, -0.1) is 0 Å². The maximum absolute atomic E-state index is 12.8. The van der Waals surface area contributed by atoms with Gasteiger partial charge in [-0.2, -0.15) is 0 Å². The molecule has 8 nitrogen and oxygen atoms in total. The zero-order valence-corrected chi connectivity index (χ0v) is 17.1. The Balaban J connectivity index is 1.81. The molecule has 30 heavy (non-hydrogen) atoms. The van der Waals surface area contributed by atoms with Crippen molar-refractivity contribution >= 4 is 40.6 Å². The van der Waals surface area contributed by atoms with Crippen LogP contribution in [0.25, 0.3) is 6.08 Å². The number of benzene rings is 2. The van der Waals surface area contributed by atoms with Crippen molar-refractivity contribution in [3.63, 3.8) is 0 Å². The highest BCUT2D eigenvalue weighted by atomic mass is 32.2. The van der Waals surface area contributed by atoms with E-state index >= 15 is 0 Å². The number of aliphatic carboxylic acids is 1. The zero-order chi connectivity index (χ0) is 21.7. The lowest BCUT2D eigenvalue weighted by Crippen LogP contribution is -2.27. The van der Waals surface area contributed by atoms with Gasteiger partial charge in [0.2, 0.25) is 0 Å². The average molecular weight is 429 g/mol. The van der Waals surface area contributed by atoms with Gasteiger partial charge in [0.15, 0.2) is 11.5 Å². The number of carboxylic acid groups (broad SMARTS) is 1. The molecule has 156 valence electrons. The van der Waals surface area contributed by atoms with E-state index in [1.807, 2.05) is 0 Å². The molecular weight excluding hydrogens is 410 g/mol. The predicted octanol–water partition coefficient (Wildman–Crippen LogP) is 3.80. The van der Waals surface area contributed by atoms with E-state index in [1.54, 1.807) is 48.5 Å². The first-order chi connectivity index (χ1) is 14.4. The van der Waals surface area contributed by atoms with Crippen LogP contribution in [0.3, 0.4) is 0 Å². The van der Waals surface area contributed by atoms with Gasteiger partial charge in [0, 0.05) is 6.07 Å². The van der Waals surface area contributed by atoms with Gasteiger partial charge in [-0.05, 0) is 47.7 Å². The molecule has 1 aliphatic rings. The van der Waals surface area contributed by atoms with Crippen LogP contribution in [0.1, 0.15) is 12.0 Å². The van der Waals surface area contributed by atoms with Gasteiger partial charge in [0.1, 0.15) is 5.75 Å². The van der Waals surface area contributed by atoms with Crippen LogP contribution in [0.2, 0.25) is 0 Å². The minimum absolute atomic E-state index is 0.00443. The van der Waals surface area contributed by atoms with Gasteiger partial charge in [-0.1, -0.05) is 12.1 Å². The molecule has 0 aromatic heterocycles.